The lowest BCUT2D eigenvalue weighted by molar-refractivity contribution is -0.683. The van der Waals surface area contributed by atoms with Crippen LogP contribution in [0.4, 0.5) is 0 Å². The van der Waals surface area contributed by atoms with Gasteiger partial charge in [-0.15, -0.1) is 0 Å². The Kier molecular flexibility index (Phi) is 5.89. The van der Waals surface area contributed by atoms with E-state index in [0.29, 0.717) is 32.6 Å². The van der Waals surface area contributed by atoms with Gasteiger partial charge in [0, 0.05) is 18.4 Å². The summed E-state index contributed by atoms with van der Waals surface area (Å²) in [5, 5.41) is 12.9. The Labute approximate surface area is 138 Å². The van der Waals surface area contributed by atoms with E-state index in [9.17, 15) is 5.11 Å². The average Bonchev–Trinajstić information content (AvgIpc) is 2.46. The molecule has 130 valence electrons. The quantitative estimate of drug-likeness (QED) is 0.797. The van der Waals surface area contributed by atoms with Gasteiger partial charge in [-0.1, -0.05) is 0 Å². The minimum absolute atomic E-state index is 0.247. The first kappa shape index (κ1) is 18.0. The lowest BCUT2D eigenvalue weighted by atomic mass is 9.84. The Morgan fingerprint density at radius 2 is 2.09 bits per heavy atom. The first-order valence-corrected chi connectivity index (χ1v) is 8.35. The molecular formula is C18H30NO4+. The zero-order valence-corrected chi connectivity index (χ0v) is 14.7. The van der Waals surface area contributed by atoms with Crippen LogP contribution < -0.4 is 14.8 Å². The minimum Gasteiger partial charge on any atom is -0.493 e. The van der Waals surface area contributed by atoms with Crippen LogP contribution in [0, 0.1) is 0 Å². The minimum atomic E-state index is -0.656. The van der Waals surface area contributed by atoms with E-state index in [4.69, 9.17) is 14.2 Å². The zero-order valence-electron chi connectivity index (χ0n) is 14.7. The summed E-state index contributed by atoms with van der Waals surface area (Å²) in [5.41, 5.74) is 0.254. The van der Waals surface area contributed by atoms with Crippen LogP contribution in [-0.4, -0.2) is 43.2 Å². The van der Waals surface area contributed by atoms with Crippen molar-refractivity contribution in [3.63, 3.8) is 0 Å². The molecule has 5 nitrogen and oxygen atoms in total. The summed E-state index contributed by atoms with van der Waals surface area (Å²) in [6.07, 6.45) is 1.36. The Bertz CT molecular complexity index is 518. The van der Waals surface area contributed by atoms with Gasteiger partial charge in [0.1, 0.15) is 18.7 Å². The van der Waals surface area contributed by atoms with Crippen LogP contribution in [0.2, 0.25) is 0 Å². The molecule has 1 heterocycles. The van der Waals surface area contributed by atoms with E-state index in [1.165, 1.54) is 0 Å². The number of methoxy groups -OCH3 is 1. The first-order chi connectivity index (χ1) is 10.9. The van der Waals surface area contributed by atoms with Gasteiger partial charge in [-0.3, -0.25) is 0 Å². The van der Waals surface area contributed by atoms with Gasteiger partial charge < -0.3 is 24.6 Å². The van der Waals surface area contributed by atoms with Crippen molar-refractivity contribution in [2.24, 2.45) is 0 Å². The van der Waals surface area contributed by atoms with Crippen LogP contribution in [0.5, 0.6) is 11.5 Å². The van der Waals surface area contributed by atoms with Crippen LogP contribution in [0.25, 0.3) is 0 Å². The van der Waals surface area contributed by atoms with Gasteiger partial charge in [-0.05, 0) is 39.0 Å². The molecule has 3 N–H and O–H groups in total. The number of hydrogen-bond donors (Lipinski definition) is 2. The Morgan fingerprint density at radius 1 is 1.30 bits per heavy atom. The summed E-state index contributed by atoms with van der Waals surface area (Å²) in [5.74, 6) is 1.52. The summed E-state index contributed by atoms with van der Waals surface area (Å²) >= 11 is 0. The molecule has 0 bridgehead atoms. The molecule has 0 aliphatic carbocycles. The molecule has 1 aliphatic heterocycles. The van der Waals surface area contributed by atoms with Crippen LogP contribution in [0.3, 0.4) is 0 Å². The average molecular weight is 324 g/mol. The van der Waals surface area contributed by atoms with E-state index in [1.807, 2.05) is 39.0 Å². The van der Waals surface area contributed by atoms with E-state index in [2.05, 4.69) is 5.32 Å². The number of ether oxygens (including phenoxy) is 3. The van der Waals surface area contributed by atoms with E-state index in [-0.39, 0.29) is 5.60 Å². The number of benzene rings is 1. The standard InChI is InChI=1S/C18H29NO4/c1-5-22-16-10-14(6-7-15(16)21-4)11-19-13-18(20)8-9-23-17(2,3)12-18/h6-7,10,19-20H,5,8-9,11-13H2,1-4H3/p+1/t18-/m1/s1. The van der Waals surface area contributed by atoms with Crippen LogP contribution >= 0.6 is 0 Å². The van der Waals surface area contributed by atoms with Gasteiger partial charge in [0.2, 0.25) is 0 Å². The highest BCUT2D eigenvalue weighted by Gasteiger charge is 2.40. The predicted molar refractivity (Wildman–Crippen MR) is 88.9 cm³/mol. The summed E-state index contributed by atoms with van der Waals surface area (Å²) in [4.78, 5) is 0. The maximum atomic E-state index is 10.7. The highest BCUT2D eigenvalue weighted by molar-refractivity contribution is 5.42. The predicted octanol–water partition coefficient (Wildman–Crippen LogP) is 1.48. The monoisotopic (exact) mass is 324 g/mol. The van der Waals surface area contributed by atoms with E-state index >= 15 is 0 Å². The molecule has 0 saturated carbocycles. The molecule has 23 heavy (non-hydrogen) atoms. The summed E-state index contributed by atoms with van der Waals surface area (Å²) < 4.78 is 16.6. The third kappa shape index (κ3) is 5.09. The maximum Gasteiger partial charge on any atom is 0.161 e. The van der Waals surface area contributed by atoms with Gasteiger partial charge in [0.25, 0.3) is 0 Å². The molecule has 1 saturated heterocycles. The van der Waals surface area contributed by atoms with Crippen molar-refractivity contribution in [1.29, 1.82) is 0 Å². The fourth-order valence-corrected chi connectivity index (χ4v) is 3.25. The largest absolute Gasteiger partial charge is 0.493 e. The fourth-order valence-electron chi connectivity index (χ4n) is 3.25. The molecule has 0 unspecified atom stereocenters. The van der Waals surface area contributed by atoms with Gasteiger partial charge in [-0.25, -0.2) is 0 Å². The summed E-state index contributed by atoms with van der Waals surface area (Å²) in [7, 11) is 1.64. The van der Waals surface area contributed by atoms with Gasteiger partial charge in [0.05, 0.1) is 25.9 Å². The highest BCUT2D eigenvalue weighted by atomic mass is 16.5. The molecule has 0 aromatic heterocycles. The highest BCUT2D eigenvalue weighted by Crippen LogP contribution is 2.31. The van der Waals surface area contributed by atoms with Gasteiger partial charge >= 0.3 is 0 Å². The molecule has 0 spiro atoms. The van der Waals surface area contributed by atoms with Crippen molar-refractivity contribution < 1.29 is 24.6 Å². The van der Waals surface area contributed by atoms with Crippen molar-refractivity contribution in [3.8, 4) is 11.5 Å². The van der Waals surface area contributed by atoms with Crippen molar-refractivity contribution in [2.45, 2.75) is 51.4 Å². The zero-order chi connectivity index (χ0) is 16.9. The molecule has 1 aliphatic rings. The SMILES string of the molecule is CCOc1cc(C[NH2+]C[C@@]2(O)CCOC(C)(C)C2)ccc1OC. The molecule has 0 amide bonds. The number of quaternary nitrogens is 1. The summed E-state index contributed by atoms with van der Waals surface area (Å²) in [6, 6.07) is 5.98. The topological polar surface area (TPSA) is 64.5 Å². The number of rotatable bonds is 7. The molecule has 1 aromatic rings. The second-order valence-electron chi connectivity index (χ2n) is 6.87. The lowest BCUT2D eigenvalue weighted by Crippen LogP contribution is -2.87. The first-order valence-electron chi connectivity index (χ1n) is 8.35. The fraction of sp³-hybridized carbons (Fsp3) is 0.667. The Morgan fingerprint density at radius 3 is 2.74 bits per heavy atom. The van der Waals surface area contributed by atoms with E-state index in [0.717, 1.165) is 23.6 Å². The molecule has 2 rings (SSSR count). The van der Waals surface area contributed by atoms with Crippen LogP contribution in [0.15, 0.2) is 18.2 Å². The molecule has 0 radical (unpaired) electrons. The van der Waals surface area contributed by atoms with Crippen molar-refractivity contribution in [3.05, 3.63) is 23.8 Å². The van der Waals surface area contributed by atoms with Gasteiger partial charge in [0.15, 0.2) is 11.5 Å². The number of hydrogen-bond acceptors (Lipinski definition) is 4. The number of nitrogens with two attached hydrogens (primary N) is 1. The van der Waals surface area contributed by atoms with Crippen LogP contribution in [-0.2, 0) is 11.3 Å². The molecule has 5 heteroatoms. The van der Waals surface area contributed by atoms with Crippen molar-refractivity contribution >= 4 is 0 Å². The van der Waals surface area contributed by atoms with Crippen molar-refractivity contribution in [2.75, 3.05) is 26.9 Å². The van der Waals surface area contributed by atoms with Gasteiger partial charge in [-0.2, -0.15) is 0 Å². The van der Waals surface area contributed by atoms with Crippen molar-refractivity contribution in [1.82, 2.24) is 0 Å². The van der Waals surface area contributed by atoms with E-state index < -0.39 is 5.60 Å². The summed E-state index contributed by atoms with van der Waals surface area (Å²) in [6.45, 7) is 8.74. The lowest BCUT2D eigenvalue weighted by Gasteiger charge is -2.40. The Hall–Kier alpha value is -1.30. The third-order valence-corrected chi connectivity index (χ3v) is 4.25. The number of aliphatic hydroxyl groups is 1. The molecular weight excluding hydrogens is 294 g/mol. The second-order valence-corrected chi connectivity index (χ2v) is 6.87. The Balaban J connectivity index is 1.92. The normalized spacial score (nSPS) is 23.5. The van der Waals surface area contributed by atoms with E-state index in [1.54, 1.807) is 7.11 Å². The molecule has 1 fully saturated rings. The van der Waals surface area contributed by atoms with Crippen LogP contribution in [0.1, 0.15) is 39.2 Å². The smallest absolute Gasteiger partial charge is 0.161 e. The third-order valence-electron chi connectivity index (χ3n) is 4.25. The maximum absolute atomic E-state index is 10.7. The molecule has 1 aromatic carbocycles. The second kappa shape index (κ2) is 7.51. The molecule has 1 atom stereocenters.